The van der Waals surface area contributed by atoms with Crippen molar-refractivity contribution in [1.82, 2.24) is 0 Å². The monoisotopic (exact) mass is 652 g/mol. The summed E-state index contributed by atoms with van der Waals surface area (Å²) in [6.07, 6.45) is 0. The average molecular weight is 653 g/mol. The molecule has 0 heterocycles. The third-order valence-electron chi connectivity index (χ3n) is 10.3. The third-order valence-corrected chi connectivity index (χ3v) is 10.3. The number of hydrogen-bond donors (Lipinski definition) is 0. The molecule has 0 unspecified atom stereocenters. The Morgan fingerprint density at radius 2 is 0.580 bits per heavy atom. The zero-order chi connectivity index (χ0) is 33.7. The second-order valence-corrected chi connectivity index (χ2v) is 12.8. The maximum absolute atomic E-state index is 16.4. The Labute approximate surface area is 283 Å². The van der Waals surface area contributed by atoms with Gasteiger partial charge in [-0.25, -0.2) is 17.6 Å². The van der Waals surface area contributed by atoms with Crippen molar-refractivity contribution in [2.45, 2.75) is 0 Å². The highest BCUT2D eigenvalue weighted by Gasteiger charge is 2.27. The first-order chi connectivity index (χ1) is 24.5. The summed E-state index contributed by atoms with van der Waals surface area (Å²) in [5, 5.41) is 8.78. The van der Waals surface area contributed by atoms with Gasteiger partial charge in [0.25, 0.3) is 0 Å². The number of rotatable bonds is 2. The van der Waals surface area contributed by atoms with E-state index in [0.717, 1.165) is 65.3 Å². The largest absolute Gasteiger partial charge is 0.203 e. The fourth-order valence-corrected chi connectivity index (χ4v) is 8.19. The third kappa shape index (κ3) is 3.87. The van der Waals surface area contributed by atoms with Crippen LogP contribution in [0.5, 0.6) is 0 Å². The van der Waals surface area contributed by atoms with Crippen molar-refractivity contribution in [3.05, 3.63) is 169 Å². The standard InChI is InChI=1S/C46H24F4/c47-43-41-37-23-35(29-21-9-13-25-11-1-3-15-27(25)29)31-17-5-7-19-33(31)39(37)40-34-20-8-6-18-32(34)36(24-38(40)42(41)44(48)46(50)45(43)49)30-22-10-14-26-12-2-4-16-28(26)30/h1-24H. The molecule has 0 aliphatic heterocycles. The molecule has 10 aromatic carbocycles. The first-order valence-corrected chi connectivity index (χ1v) is 16.5. The van der Waals surface area contributed by atoms with Gasteiger partial charge in [-0.15, -0.1) is 0 Å². The van der Waals surface area contributed by atoms with E-state index in [1.807, 2.05) is 146 Å². The van der Waals surface area contributed by atoms with Crippen LogP contribution in [0, 0.1) is 23.3 Å². The van der Waals surface area contributed by atoms with Crippen LogP contribution in [0.15, 0.2) is 146 Å². The molecule has 10 aromatic rings. The zero-order valence-electron chi connectivity index (χ0n) is 26.4. The topological polar surface area (TPSA) is 0 Å². The van der Waals surface area contributed by atoms with Gasteiger partial charge in [0.15, 0.2) is 23.3 Å². The Morgan fingerprint density at radius 3 is 1.00 bits per heavy atom. The number of fused-ring (bicyclic) bond motifs is 12. The van der Waals surface area contributed by atoms with Gasteiger partial charge in [-0.2, -0.15) is 0 Å². The molecule has 0 nitrogen and oxygen atoms in total. The lowest BCUT2D eigenvalue weighted by atomic mass is 9.83. The second-order valence-electron chi connectivity index (χ2n) is 12.8. The predicted octanol–water partition coefficient (Wildman–Crippen LogP) is 13.6. The van der Waals surface area contributed by atoms with Gasteiger partial charge in [-0.05, 0) is 99.0 Å². The highest BCUT2D eigenvalue weighted by Crippen LogP contribution is 2.49. The summed E-state index contributed by atoms with van der Waals surface area (Å²) >= 11 is 0. The summed E-state index contributed by atoms with van der Waals surface area (Å²) in [7, 11) is 0. The maximum atomic E-state index is 16.4. The summed E-state index contributed by atoms with van der Waals surface area (Å²) < 4.78 is 63.7. The molecule has 0 spiro atoms. The maximum Gasteiger partial charge on any atom is 0.198 e. The summed E-state index contributed by atoms with van der Waals surface area (Å²) in [4.78, 5) is 0. The minimum atomic E-state index is -1.83. The molecular formula is C46H24F4. The Bertz CT molecular complexity index is 2870. The van der Waals surface area contributed by atoms with Gasteiger partial charge in [0.2, 0.25) is 0 Å². The van der Waals surface area contributed by atoms with Crippen molar-refractivity contribution in [2.24, 2.45) is 0 Å². The van der Waals surface area contributed by atoms with Crippen LogP contribution in [0.1, 0.15) is 0 Å². The fraction of sp³-hybridized carbons (Fsp3) is 0. The van der Waals surface area contributed by atoms with Crippen LogP contribution in [0.25, 0.3) is 97.7 Å². The minimum Gasteiger partial charge on any atom is -0.203 e. The fourth-order valence-electron chi connectivity index (χ4n) is 8.19. The van der Waals surface area contributed by atoms with E-state index in [9.17, 15) is 0 Å². The van der Waals surface area contributed by atoms with Gasteiger partial charge >= 0.3 is 0 Å². The van der Waals surface area contributed by atoms with E-state index >= 15 is 17.6 Å². The van der Waals surface area contributed by atoms with Crippen molar-refractivity contribution >= 4 is 75.4 Å². The van der Waals surface area contributed by atoms with Gasteiger partial charge in [0.1, 0.15) is 0 Å². The molecule has 0 aliphatic carbocycles. The highest BCUT2D eigenvalue weighted by atomic mass is 19.2. The lowest BCUT2D eigenvalue weighted by molar-refractivity contribution is 0.418. The Kier molecular flexibility index (Phi) is 6.10. The van der Waals surface area contributed by atoms with Crippen LogP contribution in [0.4, 0.5) is 17.6 Å². The molecule has 0 amide bonds. The Hall–Kier alpha value is -6.26. The van der Waals surface area contributed by atoms with Gasteiger partial charge < -0.3 is 0 Å². The molecule has 50 heavy (non-hydrogen) atoms. The van der Waals surface area contributed by atoms with Crippen LogP contribution in [-0.2, 0) is 0 Å². The highest BCUT2D eigenvalue weighted by molar-refractivity contribution is 6.39. The van der Waals surface area contributed by atoms with Crippen LogP contribution in [-0.4, -0.2) is 0 Å². The van der Waals surface area contributed by atoms with Gasteiger partial charge in [0, 0.05) is 10.8 Å². The first-order valence-electron chi connectivity index (χ1n) is 16.5. The summed E-state index contributed by atoms with van der Waals surface area (Å²) in [5.41, 5.74) is 3.36. The van der Waals surface area contributed by atoms with Crippen LogP contribution in [0.2, 0.25) is 0 Å². The molecule has 0 saturated carbocycles. The predicted molar refractivity (Wildman–Crippen MR) is 200 cm³/mol. The van der Waals surface area contributed by atoms with Crippen molar-refractivity contribution in [3.8, 4) is 22.3 Å². The van der Waals surface area contributed by atoms with Gasteiger partial charge in [-0.1, -0.05) is 133 Å². The molecule has 0 saturated heterocycles. The molecule has 4 heteroatoms. The van der Waals surface area contributed by atoms with E-state index in [0.29, 0.717) is 21.5 Å². The van der Waals surface area contributed by atoms with Crippen LogP contribution < -0.4 is 0 Å². The minimum absolute atomic E-state index is 0.282. The average Bonchev–Trinajstić information content (AvgIpc) is 3.17. The van der Waals surface area contributed by atoms with Crippen molar-refractivity contribution < 1.29 is 17.6 Å². The van der Waals surface area contributed by atoms with Crippen molar-refractivity contribution in [2.75, 3.05) is 0 Å². The second kappa shape index (κ2) is 10.6. The van der Waals surface area contributed by atoms with E-state index in [4.69, 9.17) is 0 Å². The molecule has 0 radical (unpaired) electrons. The van der Waals surface area contributed by atoms with E-state index in [1.165, 1.54) is 0 Å². The van der Waals surface area contributed by atoms with Crippen LogP contribution >= 0.6 is 0 Å². The van der Waals surface area contributed by atoms with Gasteiger partial charge in [0.05, 0.1) is 0 Å². The molecule has 0 fully saturated rings. The molecule has 0 bridgehead atoms. The molecule has 0 atom stereocenters. The smallest absolute Gasteiger partial charge is 0.198 e. The van der Waals surface area contributed by atoms with Crippen molar-refractivity contribution in [3.63, 3.8) is 0 Å². The SMILES string of the molecule is Fc1c(F)c(F)c2c3cc(-c4cccc5ccccc45)c4ccccc4c3c3c4ccccc4c(-c4cccc5ccccc45)cc3c2c1F. The molecule has 0 aliphatic rings. The van der Waals surface area contributed by atoms with E-state index in [-0.39, 0.29) is 10.8 Å². The molecule has 0 aromatic heterocycles. The van der Waals surface area contributed by atoms with E-state index < -0.39 is 23.3 Å². The molecule has 0 N–H and O–H groups in total. The van der Waals surface area contributed by atoms with E-state index in [1.54, 1.807) is 0 Å². The normalized spacial score (nSPS) is 12.0. The number of halogens is 4. The number of hydrogen-bond acceptors (Lipinski definition) is 0. The lowest BCUT2D eigenvalue weighted by Gasteiger charge is -2.21. The first kappa shape index (κ1) is 28.7. The summed E-state index contributed by atoms with van der Waals surface area (Å²) in [5.74, 6) is -6.48. The summed E-state index contributed by atoms with van der Waals surface area (Å²) in [6.45, 7) is 0. The van der Waals surface area contributed by atoms with Crippen LogP contribution in [0.3, 0.4) is 0 Å². The van der Waals surface area contributed by atoms with E-state index in [2.05, 4.69) is 0 Å². The van der Waals surface area contributed by atoms with Gasteiger partial charge in [-0.3, -0.25) is 0 Å². The molecule has 10 rings (SSSR count). The summed E-state index contributed by atoms with van der Waals surface area (Å²) in [6, 6.07) is 47.4. The molecule has 236 valence electrons. The van der Waals surface area contributed by atoms with Crippen molar-refractivity contribution in [1.29, 1.82) is 0 Å². The zero-order valence-corrected chi connectivity index (χ0v) is 26.4. The molecular weight excluding hydrogens is 628 g/mol. The number of benzene rings is 10. The Morgan fingerprint density at radius 1 is 0.240 bits per heavy atom. The quantitative estimate of drug-likeness (QED) is 0.0755. The lowest BCUT2D eigenvalue weighted by Crippen LogP contribution is -2.01. The Balaban J connectivity index is 1.50.